The van der Waals surface area contributed by atoms with Gasteiger partial charge in [0.25, 0.3) is 0 Å². The van der Waals surface area contributed by atoms with Crippen molar-refractivity contribution in [1.82, 2.24) is 4.90 Å². The molecule has 1 heterocycles. The van der Waals surface area contributed by atoms with Crippen molar-refractivity contribution in [2.45, 2.75) is 51.6 Å². The summed E-state index contributed by atoms with van der Waals surface area (Å²) in [5.41, 5.74) is -1.11. The second-order valence-electron chi connectivity index (χ2n) is 6.40. The summed E-state index contributed by atoms with van der Waals surface area (Å²) >= 11 is 0. The van der Waals surface area contributed by atoms with Crippen LogP contribution < -0.4 is 0 Å². The molecule has 21 heavy (non-hydrogen) atoms. The lowest BCUT2D eigenvalue weighted by atomic mass is 9.78. The third-order valence-electron chi connectivity index (χ3n) is 3.56. The fourth-order valence-corrected chi connectivity index (χ4v) is 3.15. The molecule has 0 atom stereocenters. The highest BCUT2D eigenvalue weighted by Crippen LogP contribution is 2.39. The maximum absolute atomic E-state index is 12.1. The van der Waals surface area contributed by atoms with Crippen LogP contribution >= 0.6 is 0 Å². The van der Waals surface area contributed by atoms with Gasteiger partial charge in [-0.3, -0.25) is 4.79 Å². The summed E-state index contributed by atoms with van der Waals surface area (Å²) in [5, 5.41) is 0. The van der Waals surface area contributed by atoms with Gasteiger partial charge in [-0.1, -0.05) is 0 Å². The largest absolute Gasteiger partial charge is 0.466 e. The first-order chi connectivity index (χ1) is 9.55. The average Bonchev–Trinajstić information content (AvgIpc) is 2.33. The van der Waals surface area contributed by atoms with Gasteiger partial charge >= 0.3 is 11.9 Å². The van der Waals surface area contributed by atoms with Gasteiger partial charge in [0.2, 0.25) is 0 Å². The Morgan fingerprint density at radius 3 is 1.90 bits per heavy atom. The molecule has 0 saturated carbocycles. The molecule has 1 saturated heterocycles. The van der Waals surface area contributed by atoms with Gasteiger partial charge < -0.3 is 14.4 Å². The highest BCUT2D eigenvalue weighted by atomic mass is 16.5. The fraction of sp³-hybridized carbons (Fsp3) is 0.667. The van der Waals surface area contributed by atoms with Crippen molar-refractivity contribution in [3.63, 3.8) is 0 Å². The first kappa shape index (κ1) is 17.2. The Bertz CT molecular complexity index is 470. The van der Waals surface area contributed by atoms with Crippen LogP contribution in [-0.4, -0.2) is 47.9 Å². The van der Waals surface area contributed by atoms with Gasteiger partial charge in [-0.2, -0.15) is 0 Å². The summed E-state index contributed by atoms with van der Waals surface area (Å²) in [4.78, 5) is 37.4. The van der Waals surface area contributed by atoms with Crippen molar-refractivity contribution in [3.05, 3.63) is 11.8 Å². The molecule has 0 bridgehead atoms. The third kappa shape index (κ3) is 3.62. The van der Waals surface area contributed by atoms with Crippen LogP contribution in [0.25, 0.3) is 0 Å². The number of carbonyl (C=O) groups excluding carboxylic acids is 3. The number of ether oxygens (including phenoxy) is 2. The molecule has 0 unspecified atom stereocenters. The summed E-state index contributed by atoms with van der Waals surface area (Å²) in [6.07, 6.45) is 1.71. The standard InChI is InChI=1S/C15H23NO5/c1-14(2)8-10(17)9-15(3,4)16(14)11(13(19)21-6)7-12(18)20-5/h7H,8-9H2,1-6H3. The molecule has 6 nitrogen and oxygen atoms in total. The predicted octanol–water partition coefficient (Wildman–Crippen LogP) is 1.44. The second kappa shape index (κ2) is 5.87. The minimum atomic E-state index is -0.640. The van der Waals surface area contributed by atoms with E-state index in [0.29, 0.717) is 12.8 Å². The van der Waals surface area contributed by atoms with Crippen molar-refractivity contribution in [1.29, 1.82) is 0 Å². The van der Waals surface area contributed by atoms with E-state index in [1.807, 2.05) is 27.7 Å². The number of methoxy groups -OCH3 is 2. The first-order valence-electron chi connectivity index (χ1n) is 6.75. The number of hydrogen-bond acceptors (Lipinski definition) is 6. The third-order valence-corrected chi connectivity index (χ3v) is 3.56. The van der Waals surface area contributed by atoms with Crippen molar-refractivity contribution in [2.75, 3.05) is 14.2 Å². The Kier molecular flexibility index (Phi) is 4.81. The Morgan fingerprint density at radius 1 is 1.05 bits per heavy atom. The van der Waals surface area contributed by atoms with Crippen LogP contribution in [0.5, 0.6) is 0 Å². The van der Waals surface area contributed by atoms with Gasteiger partial charge in [0.15, 0.2) is 0 Å². The number of nitrogens with zero attached hydrogens (tertiary/aromatic N) is 1. The Hall–Kier alpha value is -1.85. The Labute approximate surface area is 125 Å². The molecule has 0 aliphatic carbocycles. The van der Waals surface area contributed by atoms with E-state index in [0.717, 1.165) is 6.08 Å². The highest BCUT2D eigenvalue weighted by molar-refractivity contribution is 5.96. The molecule has 0 N–H and O–H groups in total. The minimum Gasteiger partial charge on any atom is -0.466 e. The lowest BCUT2D eigenvalue weighted by Gasteiger charge is -2.53. The van der Waals surface area contributed by atoms with Crippen molar-refractivity contribution in [3.8, 4) is 0 Å². The Balaban J connectivity index is 3.39. The van der Waals surface area contributed by atoms with Gasteiger partial charge in [-0.05, 0) is 27.7 Å². The number of carbonyl (C=O) groups is 3. The second-order valence-corrected chi connectivity index (χ2v) is 6.40. The molecule has 1 aliphatic rings. The van der Waals surface area contributed by atoms with Crippen LogP contribution in [0, 0.1) is 0 Å². The number of likely N-dealkylation sites (tertiary alicyclic amines) is 1. The number of ketones is 1. The van der Waals surface area contributed by atoms with Crippen LogP contribution in [0.4, 0.5) is 0 Å². The zero-order chi connectivity index (χ0) is 16.4. The molecule has 0 amide bonds. The van der Waals surface area contributed by atoms with E-state index in [2.05, 4.69) is 4.74 Å². The van der Waals surface area contributed by atoms with Gasteiger partial charge in [0.05, 0.1) is 20.3 Å². The number of Topliss-reactive ketones (excluding diaryl/α,β-unsaturated/α-hetero) is 1. The maximum atomic E-state index is 12.1. The monoisotopic (exact) mass is 297 g/mol. The zero-order valence-corrected chi connectivity index (χ0v) is 13.5. The van der Waals surface area contributed by atoms with Gasteiger partial charge in [0.1, 0.15) is 11.5 Å². The molecular weight excluding hydrogens is 274 g/mol. The lowest BCUT2D eigenvalue weighted by Crippen LogP contribution is -2.61. The van der Waals surface area contributed by atoms with E-state index in [1.165, 1.54) is 14.2 Å². The number of hydrogen-bond donors (Lipinski definition) is 0. The summed E-state index contributed by atoms with van der Waals surface area (Å²) in [6.45, 7) is 7.44. The van der Waals surface area contributed by atoms with Crippen molar-refractivity contribution in [2.24, 2.45) is 0 Å². The minimum absolute atomic E-state index is 0.104. The van der Waals surface area contributed by atoms with Gasteiger partial charge in [-0.15, -0.1) is 0 Å². The van der Waals surface area contributed by atoms with E-state index in [4.69, 9.17) is 4.74 Å². The average molecular weight is 297 g/mol. The Morgan fingerprint density at radius 2 is 1.52 bits per heavy atom. The van der Waals surface area contributed by atoms with E-state index in [9.17, 15) is 14.4 Å². The van der Waals surface area contributed by atoms with E-state index >= 15 is 0 Å². The number of piperidine rings is 1. The molecule has 0 aromatic rings. The van der Waals surface area contributed by atoms with Gasteiger partial charge in [0, 0.05) is 23.9 Å². The summed E-state index contributed by atoms with van der Waals surface area (Å²) in [6, 6.07) is 0. The highest BCUT2D eigenvalue weighted by Gasteiger charge is 2.47. The maximum Gasteiger partial charge on any atom is 0.354 e. The summed E-state index contributed by atoms with van der Waals surface area (Å²) < 4.78 is 9.39. The number of esters is 2. The summed E-state index contributed by atoms with van der Waals surface area (Å²) in [5.74, 6) is -1.14. The van der Waals surface area contributed by atoms with Crippen LogP contribution in [0.3, 0.4) is 0 Å². The van der Waals surface area contributed by atoms with Crippen molar-refractivity contribution >= 4 is 17.7 Å². The van der Waals surface area contributed by atoms with Crippen LogP contribution in [0.15, 0.2) is 11.8 Å². The molecule has 118 valence electrons. The zero-order valence-electron chi connectivity index (χ0n) is 13.5. The summed E-state index contributed by atoms with van der Waals surface area (Å²) in [7, 11) is 2.49. The van der Waals surface area contributed by atoms with Crippen molar-refractivity contribution < 1.29 is 23.9 Å². The van der Waals surface area contributed by atoms with E-state index < -0.39 is 23.0 Å². The quantitative estimate of drug-likeness (QED) is 0.580. The van der Waals surface area contributed by atoms with E-state index in [1.54, 1.807) is 4.90 Å². The first-order valence-corrected chi connectivity index (χ1v) is 6.75. The molecule has 0 spiro atoms. The predicted molar refractivity (Wildman–Crippen MR) is 76.4 cm³/mol. The number of rotatable bonds is 3. The van der Waals surface area contributed by atoms with Gasteiger partial charge in [-0.25, -0.2) is 9.59 Å². The lowest BCUT2D eigenvalue weighted by molar-refractivity contribution is -0.146. The normalized spacial score (nSPS) is 21.0. The molecule has 1 fully saturated rings. The smallest absolute Gasteiger partial charge is 0.354 e. The molecule has 0 radical (unpaired) electrons. The van der Waals surface area contributed by atoms with Crippen LogP contribution in [0.2, 0.25) is 0 Å². The molecule has 1 rings (SSSR count). The topological polar surface area (TPSA) is 72.9 Å². The van der Waals surface area contributed by atoms with Crippen LogP contribution in [0.1, 0.15) is 40.5 Å². The molecular formula is C15H23NO5. The fourth-order valence-electron chi connectivity index (χ4n) is 3.15. The molecule has 6 heteroatoms. The van der Waals surface area contributed by atoms with E-state index in [-0.39, 0.29) is 11.5 Å². The molecule has 1 aliphatic heterocycles. The van der Waals surface area contributed by atoms with Crippen LogP contribution in [-0.2, 0) is 23.9 Å². The molecule has 0 aromatic carbocycles. The SMILES string of the molecule is COC(=O)C=C(C(=O)OC)N1C(C)(C)CC(=O)CC1(C)C. The molecule has 0 aromatic heterocycles.